The minimum atomic E-state index is -0.568. The number of halogens is 1. The molecular formula is C18H22ClN3O4. The van der Waals surface area contributed by atoms with Crippen molar-refractivity contribution in [3.8, 4) is 0 Å². The molecule has 140 valence electrons. The smallest absolute Gasteiger partial charge is 0.337 e. The molecule has 2 N–H and O–H groups in total. The van der Waals surface area contributed by atoms with Gasteiger partial charge < -0.3 is 25.0 Å². The first-order chi connectivity index (χ1) is 12.5. The number of nitrogens with one attached hydrogen (secondary N) is 1. The number of benzene rings is 1. The molecule has 2 aliphatic rings. The van der Waals surface area contributed by atoms with E-state index >= 15 is 0 Å². The highest BCUT2D eigenvalue weighted by Crippen LogP contribution is 2.32. The van der Waals surface area contributed by atoms with Crippen molar-refractivity contribution in [2.75, 3.05) is 50.1 Å². The molecule has 0 spiro atoms. The van der Waals surface area contributed by atoms with Crippen LogP contribution in [-0.4, -0.2) is 61.8 Å². The fourth-order valence-corrected chi connectivity index (χ4v) is 3.59. The van der Waals surface area contributed by atoms with Gasteiger partial charge in [0.05, 0.1) is 36.5 Å². The van der Waals surface area contributed by atoms with Crippen LogP contribution in [0.2, 0.25) is 5.02 Å². The first-order valence-corrected chi connectivity index (χ1v) is 8.96. The van der Waals surface area contributed by atoms with Crippen LogP contribution in [0.1, 0.15) is 12.8 Å². The number of aliphatic hydroxyl groups excluding tert-OH is 1. The highest BCUT2D eigenvalue weighted by atomic mass is 35.5. The first-order valence-electron chi connectivity index (χ1n) is 8.58. The van der Waals surface area contributed by atoms with Crippen LogP contribution in [-0.2, 0) is 14.3 Å². The van der Waals surface area contributed by atoms with Gasteiger partial charge >= 0.3 is 5.97 Å². The molecule has 0 saturated carbocycles. The van der Waals surface area contributed by atoms with E-state index in [1.807, 2.05) is 12.1 Å². The van der Waals surface area contributed by atoms with Gasteiger partial charge in [-0.25, -0.2) is 4.79 Å². The summed E-state index contributed by atoms with van der Waals surface area (Å²) in [6.45, 7) is 2.05. The van der Waals surface area contributed by atoms with Crippen LogP contribution in [0.15, 0.2) is 29.5 Å². The van der Waals surface area contributed by atoms with E-state index in [0.717, 1.165) is 31.6 Å². The molecule has 1 aromatic carbocycles. The number of hydrogen-bond acceptors (Lipinski definition) is 6. The summed E-state index contributed by atoms with van der Waals surface area (Å²) in [5, 5.41) is 12.7. The zero-order valence-electron chi connectivity index (χ0n) is 14.6. The van der Waals surface area contributed by atoms with E-state index in [2.05, 4.69) is 10.2 Å². The monoisotopic (exact) mass is 379 g/mol. The summed E-state index contributed by atoms with van der Waals surface area (Å²) in [7, 11) is 1.27. The van der Waals surface area contributed by atoms with Crippen molar-refractivity contribution in [1.82, 2.24) is 4.90 Å². The van der Waals surface area contributed by atoms with Gasteiger partial charge in [-0.05, 0) is 31.0 Å². The van der Waals surface area contributed by atoms with Crippen LogP contribution in [0.25, 0.3) is 0 Å². The third-order valence-corrected chi connectivity index (χ3v) is 4.92. The maximum Gasteiger partial charge on any atom is 0.337 e. The number of rotatable bonds is 6. The van der Waals surface area contributed by atoms with Crippen molar-refractivity contribution in [2.45, 2.75) is 12.8 Å². The van der Waals surface area contributed by atoms with Crippen molar-refractivity contribution in [3.05, 3.63) is 34.5 Å². The Morgan fingerprint density at radius 1 is 1.35 bits per heavy atom. The van der Waals surface area contributed by atoms with Gasteiger partial charge in [0.1, 0.15) is 5.70 Å². The molecule has 7 nitrogen and oxygen atoms in total. The Labute approximate surface area is 157 Å². The van der Waals surface area contributed by atoms with E-state index < -0.39 is 5.97 Å². The molecule has 26 heavy (non-hydrogen) atoms. The van der Waals surface area contributed by atoms with Crippen LogP contribution in [0.4, 0.5) is 11.4 Å². The summed E-state index contributed by atoms with van der Waals surface area (Å²) >= 11 is 6.42. The van der Waals surface area contributed by atoms with Gasteiger partial charge in [0.25, 0.3) is 5.91 Å². The normalized spacial score (nSPS) is 17.3. The number of anilines is 2. The van der Waals surface area contributed by atoms with Gasteiger partial charge in [-0.15, -0.1) is 0 Å². The van der Waals surface area contributed by atoms with Gasteiger partial charge in [0.15, 0.2) is 0 Å². The molecule has 1 amide bonds. The van der Waals surface area contributed by atoms with E-state index in [-0.39, 0.29) is 36.9 Å². The number of methoxy groups -OCH3 is 1. The summed E-state index contributed by atoms with van der Waals surface area (Å²) in [6, 6.07) is 5.50. The van der Waals surface area contributed by atoms with Crippen molar-refractivity contribution in [2.24, 2.45) is 0 Å². The zero-order chi connectivity index (χ0) is 18.7. The number of carbonyl (C=O) groups excluding carboxylic acids is 2. The lowest BCUT2D eigenvalue weighted by atomic mass is 10.2. The minimum Gasteiger partial charge on any atom is -0.466 e. The van der Waals surface area contributed by atoms with Gasteiger partial charge in [0, 0.05) is 25.3 Å². The predicted octanol–water partition coefficient (Wildman–Crippen LogP) is 1.61. The molecule has 0 bridgehead atoms. The van der Waals surface area contributed by atoms with Crippen molar-refractivity contribution in [1.29, 1.82) is 0 Å². The number of carbonyl (C=O) groups is 2. The number of esters is 1. The lowest BCUT2D eigenvalue weighted by molar-refractivity contribution is -0.136. The van der Waals surface area contributed by atoms with Gasteiger partial charge in [0.2, 0.25) is 0 Å². The molecule has 0 atom stereocenters. The lowest BCUT2D eigenvalue weighted by Crippen LogP contribution is -2.31. The van der Waals surface area contributed by atoms with E-state index in [4.69, 9.17) is 21.4 Å². The molecule has 0 aliphatic carbocycles. The largest absolute Gasteiger partial charge is 0.466 e. The van der Waals surface area contributed by atoms with Crippen LogP contribution in [0, 0.1) is 0 Å². The summed E-state index contributed by atoms with van der Waals surface area (Å²) in [5.41, 5.74) is 1.99. The van der Waals surface area contributed by atoms with Crippen molar-refractivity contribution < 1.29 is 19.4 Å². The number of nitrogens with zero attached hydrogens (tertiary/aromatic N) is 2. The second kappa shape index (κ2) is 7.97. The number of aliphatic hydroxyl groups is 1. The number of ether oxygens (including phenoxy) is 1. The second-order valence-electron chi connectivity index (χ2n) is 6.28. The predicted molar refractivity (Wildman–Crippen MR) is 99.2 cm³/mol. The molecular weight excluding hydrogens is 358 g/mol. The minimum absolute atomic E-state index is 0.105. The molecule has 0 unspecified atom stereocenters. The summed E-state index contributed by atoms with van der Waals surface area (Å²) in [5.74, 6) is -0.916. The molecule has 0 aromatic heterocycles. The molecule has 1 fully saturated rings. The molecule has 1 aromatic rings. The number of hydrogen-bond donors (Lipinski definition) is 2. The van der Waals surface area contributed by atoms with Crippen LogP contribution in [0.3, 0.4) is 0 Å². The van der Waals surface area contributed by atoms with Crippen molar-refractivity contribution >= 4 is 34.9 Å². The molecule has 0 radical (unpaired) electrons. The van der Waals surface area contributed by atoms with Crippen LogP contribution >= 0.6 is 11.6 Å². The molecule has 8 heteroatoms. The Kier molecular flexibility index (Phi) is 5.68. The molecule has 2 heterocycles. The standard InChI is InChI=1S/C18H22ClN3O4/c1-26-18(25)13-11-22(8-9-23)17(24)16(13)20-12-4-5-15(14(19)10-12)21-6-2-3-7-21/h4-5,10,20,23H,2-3,6-9,11H2,1H3. The number of amides is 1. The fraction of sp³-hybridized carbons (Fsp3) is 0.444. The summed E-state index contributed by atoms with van der Waals surface area (Å²) in [4.78, 5) is 28.2. The number of β-amino-alcohol motifs (C(OH)–C–C–N with tert-alkyl or cyclic N) is 1. The average Bonchev–Trinajstić information content (AvgIpc) is 3.26. The SMILES string of the molecule is COC(=O)C1=C(Nc2ccc(N3CCCC3)c(Cl)c2)C(=O)N(CCO)C1. The summed E-state index contributed by atoms with van der Waals surface area (Å²) < 4.78 is 4.78. The first kappa shape index (κ1) is 18.5. The average molecular weight is 380 g/mol. The maximum absolute atomic E-state index is 12.5. The van der Waals surface area contributed by atoms with Gasteiger partial charge in [-0.1, -0.05) is 11.6 Å². The van der Waals surface area contributed by atoms with E-state index in [1.165, 1.54) is 12.0 Å². The molecule has 2 aliphatic heterocycles. The Bertz CT molecular complexity index is 744. The van der Waals surface area contributed by atoms with Crippen molar-refractivity contribution in [3.63, 3.8) is 0 Å². The Morgan fingerprint density at radius 2 is 2.08 bits per heavy atom. The Balaban J connectivity index is 1.84. The highest BCUT2D eigenvalue weighted by molar-refractivity contribution is 6.33. The third-order valence-electron chi connectivity index (χ3n) is 4.62. The second-order valence-corrected chi connectivity index (χ2v) is 6.69. The van der Waals surface area contributed by atoms with E-state index in [1.54, 1.807) is 6.07 Å². The Hall–Kier alpha value is -2.25. The molecule has 1 saturated heterocycles. The fourth-order valence-electron chi connectivity index (χ4n) is 3.29. The lowest BCUT2D eigenvalue weighted by Gasteiger charge is -2.20. The third kappa shape index (κ3) is 3.64. The summed E-state index contributed by atoms with van der Waals surface area (Å²) in [6.07, 6.45) is 2.31. The van der Waals surface area contributed by atoms with E-state index in [9.17, 15) is 9.59 Å². The topological polar surface area (TPSA) is 82.1 Å². The van der Waals surface area contributed by atoms with Gasteiger partial charge in [-0.3, -0.25) is 4.79 Å². The highest BCUT2D eigenvalue weighted by Gasteiger charge is 2.34. The molecule has 3 rings (SSSR count). The quantitative estimate of drug-likeness (QED) is 0.731. The maximum atomic E-state index is 12.5. The van der Waals surface area contributed by atoms with Gasteiger partial charge in [-0.2, -0.15) is 0 Å². The van der Waals surface area contributed by atoms with Crippen LogP contribution in [0.5, 0.6) is 0 Å². The van der Waals surface area contributed by atoms with Crippen LogP contribution < -0.4 is 10.2 Å². The Morgan fingerprint density at radius 3 is 2.69 bits per heavy atom. The zero-order valence-corrected chi connectivity index (χ0v) is 15.4. The van der Waals surface area contributed by atoms with E-state index in [0.29, 0.717) is 10.7 Å².